The number of sulfonamides is 1. The van der Waals surface area contributed by atoms with Gasteiger partial charge in [-0.05, 0) is 36.2 Å². The highest BCUT2D eigenvalue weighted by Crippen LogP contribution is 2.33. The summed E-state index contributed by atoms with van der Waals surface area (Å²) in [7, 11) is -3.68. The van der Waals surface area contributed by atoms with Crippen LogP contribution in [0, 0.1) is 15.9 Å². The number of anilines is 1. The van der Waals surface area contributed by atoms with Gasteiger partial charge in [-0.15, -0.1) is 0 Å². The van der Waals surface area contributed by atoms with Crippen LogP contribution in [0.1, 0.15) is 5.56 Å². The van der Waals surface area contributed by atoms with E-state index >= 15 is 0 Å². The number of hydrogen-bond acceptors (Lipinski definition) is 5. The molecule has 2 aromatic rings. The van der Waals surface area contributed by atoms with E-state index in [9.17, 15) is 22.9 Å². The van der Waals surface area contributed by atoms with E-state index in [1.807, 2.05) is 0 Å². The maximum Gasteiger partial charge on any atom is 0.271 e. The number of ether oxygens (including phenoxy) is 1. The second kappa shape index (κ2) is 6.67. The normalized spacial score (nSPS) is 13.6. The van der Waals surface area contributed by atoms with Crippen LogP contribution in [0.3, 0.4) is 0 Å². The number of fused-ring (bicyclic) bond motifs is 1. The van der Waals surface area contributed by atoms with Gasteiger partial charge in [-0.1, -0.05) is 6.07 Å². The Morgan fingerprint density at radius 3 is 2.60 bits per heavy atom. The molecule has 0 radical (unpaired) electrons. The van der Waals surface area contributed by atoms with Gasteiger partial charge in [0.2, 0.25) is 10.0 Å². The average Bonchev–Trinajstić information content (AvgIpc) is 3.00. The molecular formula is C16H15FN2O5S. The molecule has 0 spiro atoms. The number of rotatable bonds is 6. The Morgan fingerprint density at radius 2 is 1.92 bits per heavy atom. The Hall–Kier alpha value is -2.68. The molecule has 0 N–H and O–H groups in total. The van der Waals surface area contributed by atoms with Crippen LogP contribution < -0.4 is 9.04 Å². The average molecular weight is 366 g/mol. The van der Waals surface area contributed by atoms with Gasteiger partial charge in [-0.25, -0.2) is 12.8 Å². The summed E-state index contributed by atoms with van der Waals surface area (Å²) >= 11 is 0. The van der Waals surface area contributed by atoms with Crippen molar-refractivity contribution in [3.63, 3.8) is 0 Å². The fourth-order valence-corrected chi connectivity index (χ4v) is 4.00. The zero-order valence-electron chi connectivity index (χ0n) is 13.1. The summed E-state index contributed by atoms with van der Waals surface area (Å²) in [5.41, 5.74) is 0.952. The summed E-state index contributed by atoms with van der Waals surface area (Å²) in [5.74, 6) is -0.323. The maximum atomic E-state index is 12.8. The number of nitro benzene ring substituents is 1. The number of nitrogens with zero attached hydrogens (tertiary/aromatic N) is 2. The second-order valence-corrected chi connectivity index (χ2v) is 7.52. The smallest absolute Gasteiger partial charge is 0.271 e. The van der Waals surface area contributed by atoms with E-state index in [1.165, 1.54) is 40.7 Å². The molecule has 0 aromatic heterocycles. The zero-order valence-corrected chi connectivity index (χ0v) is 13.9. The van der Waals surface area contributed by atoms with Crippen molar-refractivity contribution in [2.24, 2.45) is 0 Å². The Balaban J connectivity index is 1.70. The summed E-state index contributed by atoms with van der Waals surface area (Å²) in [5, 5.41) is 10.9. The van der Waals surface area contributed by atoms with Gasteiger partial charge in [-0.2, -0.15) is 0 Å². The Kier molecular flexibility index (Phi) is 4.58. The van der Waals surface area contributed by atoms with E-state index in [0.717, 1.165) is 5.56 Å². The predicted octanol–water partition coefficient (Wildman–Crippen LogP) is 2.51. The first kappa shape index (κ1) is 17.2. The van der Waals surface area contributed by atoms with Crippen molar-refractivity contribution in [3.05, 3.63) is 64.0 Å². The van der Waals surface area contributed by atoms with Crippen molar-refractivity contribution in [1.29, 1.82) is 0 Å². The SMILES string of the molecule is O=[N+]([O-])c1ccc2c(c1)N(S(=O)(=O)CCOc1ccc(F)cc1)CC2. The number of non-ortho nitro benzene ring substituents is 1. The van der Waals surface area contributed by atoms with Gasteiger partial charge in [0, 0.05) is 18.7 Å². The molecular weight excluding hydrogens is 351 g/mol. The first-order valence-electron chi connectivity index (χ1n) is 7.53. The van der Waals surface area contributed by atoms with Crippen molar-refractivity contribution in [3.8, 4) is 5.75 Å². The summed E-state index contributed by atoms with van der Waals surface area (Å²) in [6, 6.07) is 9.50. The lowest BCUT2D eigenvalue weighted by Crippen LogP contribution is -2.33. The van der Waals surface area contributed by atoms with E-state index in [4.69, 9.17) is 4.74 Å². The van der Waals surface area contributed by atoms with Crippen molar-refractivity contribution < 1.29 is 22.5 Å². The van der Waals surface area contributed by atoms with Gasteiger partial charge in [0.15, 0.2) is 0 Å². The van der Waals surface area contributed by atoms with Gasteiger partial charge < -0.3 is 4.74 Å². The van der Waals surface area contributed by atoms with Gasteiger partial charge in [0.25, 0.3) is 5.69 Å². The standard InChI is InChI=1S/C16H15FN2O5S/c17-13-2-5-15(6-3-13)24-9-10-25(22,23)18-8-7-12-1-4-14(19(20)21)11-16(12)18/h1-6,11H,7-10H2. The molecule has 0 atom stereocenters. The van der Waals surface area contributed by atoms with Crippen LogP contribution in [0.25, 0.3) is 0 Å². The lowest BCUT2D eigenvalue weighted by Gasteiger charge is -2.19. The molecule has 1 aliphatic rings. The highest BCUT2D eigenvalue weighted by atomic mass is 32.2. The first-order valence-corrected chi connectivity index (χ1v) is 9.14. The molecule has 9 heteroatoms. The third-order valence-electron chi connectivity index (χ3n) is 3.89. The van der Waals surface area contributed by atoms with Crippen molar-refractivity contribution in [2.75, 3.05) is 23.2 Å². The molecule has 3 rings (SSSR count). The summed E-state index contributed by atoms with van der Waals surface area (Å²) in [6.45, 7) is 0.143. The number of halogens is 1. The molecule has 0 amide bonds. The summed E-state index contributed by atoms with van der Waals surface area (Å²) in [4.78, 5) is 10.3. The predicted molar refractivity (Wildman–Crippen MR) is 89.8 cm³/mol. The number of hydrogen-bond donors (Lipinski definition) is 0. The molecule has 0 fully saturated rings. The van der Waals surface area contributed by atoms with Crippen LogP contribution >= 0.6 is 0 Å². The minimum atomic E-state index is -3.68. The van der Waals surface area contributed by atoms with E-state index in [2.05, 4.69) is 0 Å². The Morgan fingerprint density at radius 1 is 1.20 bits per heavy atom. The van der Waals surface area contributed by atoms with Crippen LogP contribution in [0.2, 0.25) is 0 Å². The third kappa shape index (κ3) is 3.71. The summed E-state index contributed by atoms with van der Waals surface area (Å²) in [6.07, 6.45) is 0.505. The Labute approximate surface area is 143 Å². The van der Waals surface area contributed by atoms with Gasteiger partial charge in [0.05, 0.1) is 10.6 Å². The van der Waals surface area contributed by atoms with Crippen molar-refractivity contribution >= 4 is 21.4 Å². The molecule has 7 nitrogen and oxygen atoms in total. The highest BCUT2D eigenvalue weighted by Gasteiger charge is 2.30. The fraction of sp³-hybridized carbons (Fsp3) is 0.250. The van der Waals surface area contributed by atoms with Gasteiger partial charge >= 0.3 is 0 Å². The van der Waals surface area contributed by atoms with E-state index < -0.39 is 20.8 Å². The van der Waals surface area contributed by atoms with Crippen LogP contribution in [0.5, 0.6) is 5.75 Å². The van der Waals surface area contributed by atoms with E-state index in [-0.39, 0.29) is 24.6 Å². The van der Waals surface area contributed by atoms with Gasteiger partial charge in [0.1, 0.15) is 23.9 Å². The molecule has 0 saturated heterocycles. The minimum absolute atomic E-state index is 0.102. The molecule has 0 saturated carbocycles. The molecule has 0 bridgehead atoms. The number of benzene rings is 2. The lowest BCUT2D eigenvalue weighted by molar-refractivity contribution is -0.384. The molecule has 1 aliphatic heterocycles. The molecule has 1 heterocycles. The van der Waals surface area contributed by atoms with Crippen LogP contribution in [-0.4, -0.2) is 32.2 Å². The van der Waals surface area contributed by atoms with Crippen molar-refractivity contribution in [1.82, 2.24) is 0 Å². The monoisotopic (exact) mass is 366 g/mol. The Bertz CT molecular complexity index is 899. The largest absolute Gasteiger partial charge is 0.492 e. The zero-order chi connectivity index (χ0) is 18.0. The van der Waals surface area contributed by atoms with Crippen LogP contribution in [0.15, 0.2) is 42.5 Å². The van der Waals surface area contributed by atoms with Crippen molar-refractivity contribution in [2.45, 2.75) is 6.42 Å². The summed E-state index contributed by atoms with van der Waals surface area (Å²) < 4.78 is 44.4. The maximum absolute atomic E-state index is 12.8. The molecule has 0 aliphatic carbocycles. The topological polar surface area (TPSA) is 89.8 Å². The molecule has 132 valence electrons. The lowest BCUT2D eigenvalue weighted by atomic mass is 10.1. The highest BCUT2D eigenvalue weighted by molar-refractivity contribution is 7.92. The number of nitro groups is 1. The molecule has 0 unspecified atom stereocenters. The van der Waals surface area contributed by atoms with Gasteiger partial charge in [-0.3, -0.25) is 14.4 Å². The van der Waals surface area contributed by atoms with Crippen LogP contribution in [0.4, 0.5) is 15.8 Å². The van der Waals surface area contributed by atoms with Crippen LogP contribution in [-0.2, 0) is 16.4 Å². The van der Waals surface area contributed by atoms with E-state index in [1.54, 1.807) is 6.07 Å². The minimum Gasteiger partial charge on any atom is -0.492 e. The quantitative estimate of drug-likeness (QED) is 0.579. The first-order chi connectivity index (χ1) is 11.9. The second-order valence-electron chi connectivity index (χ2n) is 5.51. The third-order valence-corrected chi connectivity index (χ3v) is 5.63. The molecule has 25 heavy (non-hydrogen) atoms. The fourth-order valence-electron chi connectivity index (χ4n) is 2.65. The van der Waals surface area contributed by atoms with E-state index in [0.29, 0.717) is 17.9 Å². The molecule has 2 aromatic carbocycles.